The molecule has 94 valence electrons. The molecule has 1 aliphatic heterocycles. The summed E-state index contributed by atoms with van der Waals surface area (Å²) in [5.41, 5.74) is 0. The van der Waals surface area contributed by atoms with Crippen LogP contribution in [-0.2, 0) is 14.6 Å². The molecule has 0 bridgehead atoms. The molecule has 1 rings (SSSR count). The highest BCUT2D eigenvalue weighted by atomic mass is 32.2. The van der Waals surface area contributed by atoms with Gasteiger partial charge in [0.25, 0.3) is 0 Å². The summed E-state index contributed by atoms with van der Waals surface area (Å²) >= 11 is 0. The smallest absolute Gasteiger partial charge is 0.238 e. The molecule has 0 aromatic carbocycles. The minimum Gasteiger partial charge on any atom is -0.355 e. The number of amides is 1. The lowest BCUT2D eigenvalue weighted by atomic mass is 10.1. The molecule has 0 spiro atoms. The van der Waals surface area contributed by atoms with Crippen molar-refractivity contribution in [2.45, 2.75) is 25.0 Å². The molecule has 2 N–H and O–H groups in total. The Kier molecular flexibility index (Phi) is 4.73. The van der Waals surface area contributed by atoms with E-state index in [1.807, 2.05) is 0 Å². The van der Waals surface area contributed by atoms with E-state index in [2.05, 4.69) is 10.6 Å². The zero-order valence-corrected chi connectivity index (χ0v) is 10.6. The molecule has 0 aromatic heterocycles. The second-order valence-corrected chi connectivity index (χ2v) is 6.78. The van der Waals surface area contributed by atoms with Gasteiger partial charge in [-0.25, -0.2) is 8.42 Å². The van der Waals surface area contributed by atoms with E-state index in [-0.39, 0.29) is 0 Å². The van der Waals surface area contributed by atoms with Gasteiger partial charge >= 0.3 is 0 Å². The second kappa shape index (κ2) is 5.63. The van der Waals surface area contributed by atoms with Gasteiger partial charge in [-0.1, -0.05) is 0 Å². The summed E-state index contributed by atoms with van der Waals surface area (Å²) in [5, 5.41) is 4.97. The summed E-state index contributed by atoms with van der Waals surface area (Å²) in [6, 6.07) is 0. The van der Waals surface area contributed by atoms with Crippen LogP contribution >= 0.6 is 0 Å². The standard InChI is InChI=1S/C10H20N2O3S/c1-8(16(2,14)15)10(13)12-6-4-9-3-5-11-7-9/h8-9,11H,3-7H2,1-2H3,(H,12,13). The molecule has 1 saturated heterocycles. The molecule has 2 atom stereocenters. The first-order chi connectivity index (χ1) is 7.41. The molecule has 1 amide bonds. The Hall–Kier alpha value is -0.620. The van der Waals surface area contributed by atoms with E-state index >= 15 is 0 Å². The zero-order chi connectivity index (χ0) is 12.2. The number of hydrogen-bond acceptors (Lipinski definition) is 4. The maximum Gasteiger partial charge on any atom is 0.238 e. The van der Waals surface area contributed by atoms with Crippen LogP contribution in [0.3, 0.4) is 0 Å². The van der Waals surface area contributed by atoms with E-state index in [1.54, 1.807) is 0 Å². The van der Waals surface area contributed by atoms with Crippen LogP contribution in [0.2, 0.25) is 0 Å². The van der Waals surface area contributed by atoms with E-state index in [1.165, 1.54) is 6.92 Å². The van der Waals surface area contributed by atoms with Crippen molar-refractivity contribution < 1.29 is 13.2 Å². The van der Waals surface area contributed by atoms with Gasteiger partial charge in [0.05, 0.1) is 0 Å². The normalized spacial score (nSPS) is 23.0. The van der Waals surface area contributed by atoms with Crippen molar-refractivity contribution in [3.8, 4) is 0 Å². The first-order valence-electron chi connectivity index (χ1n) is 5.58. The van der Waals surface area contributed by atoms with Gasteiger partial charge in [-0.3, -0.25) is 4.79 Å². The molecule has 1 fully saturated rings. The van der Waals surface area contributed by atoms with Gasteiger partial charge in [0.1, 0.15) is 5.25 Å². The van der Waals surface area contributed by atoms with Crippen LogP contribution in [0.4, 0.5) is 0 Å². The fourth-order valence-corrected chi connectivity index (χ4v) is 2.17. The Bertz CT molecular complexity index is 334. The molecular weight excluding hydrogens is 228 g/mol. The molecule has 5 nitrogen and oxygen atoms in total. The van der Waals surface area contributed by atoms with Crippen LogP contribution in [0.25, 0.3) is 0 Å². The van der Waals surface area contributed by atoms with Crippen molar-refractivity contribution in [3.05, 3.63) is 0 Å². The molecule has 0 aromatic rings. The highest BCUT2D eigenvalue weighted by molar-refractivity contribution is 7.92. The zero-order valence-electron chi connectivity index (χ0n) is 9.82. The second-order valence-electron chi connectivity index (χ2n) is 4.41. The first-order valence-corrected chi connectivity index (χ1v) is 7.54. The van der Waals surface area contributed by atoms with Gasteiger partial charge in [-0.15, -0.1) is 0 Å². The number of carbonyl (C=O) groups is 1. The number of carbonyl (C=O) groups excluding carboxylic acids is 1. The van der Waals surface area contributed by atoms with Gasteiger partial charge in [-0.2, -0.15) is 0 Å². The van der Waals surface area contributed by atoms with Crippen LogP contribution in [-0.4, -0.2) is 45.5 Å². The summed E-state index contributed by atoms with van der Waals surface area (Å²) in [7, 11) is -3.28. The lowest BCUT2D eigenvalue weighted by Gasteiger charge is -2.12. The lowest BCUT2D eigenvalue weighted by Crippen LogP contribution is -2.38. The third-order valence-corrected chi connectivity index (χ3v) is 4.52. The van der Waals surface area contributed by atoms with E-state index in [9.17, 15) is 13.2 Å². The van der Waals surface area contributed by atoms with E-state index in [0.717, 1.165) is 32.2 Å². The Morgan fingerprint density at radius 1 is 1.56 bits per heavy atom. The van der Waals surface area contributed by atoms with Crippen LogP contribution < -0.4 is 10.6 Å². The molecule has 0 radical (unpaired) electrons. The highest BCUT2D eigenvalue weighted by Crippen LogP contribution is 2.10. The predicted octanol–water partition coefficient (Wildman–Crippen LogP) is -0.465. The number of nitrogens with one attached hydrogen (secondary N) is 2. The first kappa shape index (κ1) is 13.4. The van der Waals surface area contributed by atoms with Crippen molar-refractivity contribution in [3.63, 3.8) is 0 Å². The van der Waals surface area contributed by atoms with Crippen molar-refractivity contribution in [2.75, 3.05) is 25.9 Å². The number of sulfone groups is 1. The molecule has 0 saturated carbocycles. The molecule has 6 heteroatoms. The van der Waals surface area contributed by atoms with Crippen LogP contribution in [0, 0.1) is 5.92 Å². The minimum atomic E-state index is -3.28. The Morgan fingerprint density at radius 2 is 2.25 bits per heavy atom. The van der Waals surface area contributed by atoms with Gasteiger partial charge in [0.15, 0.2) is 9.84 Å². The Balaban J connectivity index is 2.24. The summed E-state index contributed by atoms with van der Waals surface area (Å²) in [5.74, 6) is 0.210. The summed E-state index contributed by atoms with van der Waals surface area (Å²) in [6.45, 7) is 4.02. The van der Waals surface area contributed by atoms with Gasteiger partial charge in [0, 0.05) is 12.8 Å². The van der Waals surface area contributed by atoms with Crippen molar-refractivity contribution >= 4 is 15.7 Å². The van der Waals surface area contributed by atoms with E-state index in [4.69, 9.17) is 0 Å². The fraction of sp³-hybridized carbons (Fsp3) is 0.900. The SMILES string of the molecule is CC(C(=O)NCCC1CCNC1)S(C)(=O)=O. The topological polar surface area (TPSA) is 75.3 Å². The fourth-order valence-electron chi connectivity index (χ4n) is 1.70. The van der Waals surface area contributed by atoms with Crippen molar-refractivity contribution in [1.29, 1.82) is 0 Å². The maximum absolute atomic E-state index is 11.5. The average molecular weight is 248 g/mol. The monoisotopic (exact) mass is 248 g/mol. The molecule has 1 aliphatic rings. The predicted molar refractivity (Wildman–Crippen MR) is 62.9 cm³/mol. The quantitative estimate of drug-likeness (QED) is 0.690. The summed E-state index contributed by atoms with van der Waals surface area (Å²) in [6.07, 6.45) is 3.13. The number of hydrogen-bond donors (Lipinski definition) is 2. The van der Waals surface area contributed by atoms with Crippen LogP contribution in [0.15, 0.2) is 0 Å². The molecule has 16 heavy (non-hydrogen) atoms. The van der Waals surface area contributed by atoms with Crippen molar-refractivity contribution in [2.24, 2.45) is 5.92 Å². The van der Waals surface area contributed by atoms with Gasteiger partial charge < -0.3 is 10.6 Å². The maximum atomic E-state index is 11.5. The lowest BCUT2D eigenvalue weighted by molar-refractivity contribution is -0.120. The highest BCUT2D eigenvalue weighted by Gasteiger charge is 2.23. The largest absolute Gasteiger partial charge is 0.355 e. The third-order valence-electron chi connectivity index (χ3n) is 3.03. The van der Waals surface area contributed by atoms with Crippen LogP contribution in [0.5, 0.6) is 0 Å². The molecular formula is C10H20N2O3S. The van der Waals surface area contributed by atoms with Crippen LogP contribution in [0.1, 0.15) is 19.8 Å². The Morgan fingerprint density at radius 3 is 2.75 bits per heavy atom. The van der Waals surface area contributed by atoms with Crippen molar-refractivity contribution in [1.82, 2.24) is 10.6 Å². The third kappa shape index (κ3) is 4.09. The van der Waals surface area contributed by atoms with Gasteiger partial charge in [0.2, 0.25) is 5.91 Å². The molecule has 2 unspecified atom stereocenters. The summed E-state index contributed by atoms with van der Waals surface area (Å²) < 4.78 is 22.2. The van der Waals surface area contributed by atoms with Gasteiger partial charge in [-0.05, 0) is 38.8 Å². The minimum absolute atomic E-state index is 0.395. The molecule has 0 aliphatic carbocycles. The Labute approximate surface area is 96.9 Å². The molecule has 1 heterocycles. The average Bonchev–Trinajstić information content (AvgIpc) is 2.67. The van der Waals surface area contributed by atoms with E-state index in [0.29, 0.717) is 12.5 Å². The van der Waals surface area contributed by atoms with E-state index < -0.39 is 21.0 Å². The summed E-state index contributed by atoms with van der Waals surface area (Å²) in [4.78, 5) is 11.5. The number of rotatable bonds is 5.